The third-order valence-electron chi connectivity index (χ3n) is 3.90. The van der Waals surface area contributed by atoms with E-state index >= 15 is 0 Å². The molecule has 0 aromatic heterocycles. The summed E-state index contributed by atoms with van der Waals surface area (Å²) < 4.78 is 35.9. The van der Waals surface area contributed by atoms with Gasteiger partial charge in [0.25, 0.3) is 5.91 Å². The fourth-order valence-electron chi connectivity index (χ4n) is 2.66. The van der Waals surface area contributed by atoms with E-state index in [2.05, 4.69) is 0 Å². The Hall–Kier alpha value is -2.25. The molecule has 0 fully saturated rings. The third kappa shape index (κ3) is 3.25. The zero-order valence-corrected chi connectivity index (χ0v) is 13.0. The summed E-state index contributed by atoms with van der Waals surface area (Å²) in [5, 5.41) is 5.15. The molecule has 0 saturated heterocycles. The highest BCUT2D eigenvalue weighted by Gasteiger charge is 2.23. The van der Waals surface area contributed by atoms with Crippen LogP contribution in [0.4, 0.5) is 4.39 Å². The molecule has 0 spiro atoms. The summed E-state index contributed by atoms with van der Waals surface area (Å²) in [4.78, 5) is 14.1. The van der Waals surface area contributed by atoms with Gasteiger partial charge in [-0.2, -0.15) is 0 Å². The van der Waals surface area contributed by atoms with Gasteiger partial charge in [0, 0.05) is 18.7 Å². The molecular formula is C16H15FN2O3S. The van der Waals surface area contributed by atoms with E-state index in [0.29, 0.717) is 25.1 Å². The quantitative estimate of drug-likeness (QED) is 0.907. The Morgan fingerprint density at radius 1 is 1.09 bits per heavy atom. The van der Waals surface area contributed by atoms with Crippen molar-refractivity contribution >= 4 is 15.9 Å². The third-order valence-corrected chi connectivity index (χ3v) is 4.81. The molecule has 120 valence electrons. The van der Waals surface area contributed by atoms with E-state index in [1.54, 1.807) is 11.0 Å². The van der Waals surface area contributed by atoms with Gasteiger partial charge < -0.3 is 4.90 Å². The van der Waals surface area contributed by atoms with Gasteiger partial charge >= 0.3 is 0 Å². The van der Waals surface area contributed by atoms with Crippen molar-refractivity contribution in [3.63, 3.8) is 0 Å². The molecule has 1 heterocycles. The number of nitrogens with two attached hydrogens (primary N) is 1. The van der Waals surface area contributed by atoms with Crippen molar-refractivity contribution in [2.45, 2.75) is 17.9 Å². The van der Waals surface area contributed by atoms with Crippen molar-refractivity contribution in [2.75, 3.05) is 6.54 Å². The number of carbonyl (C=O) groups is 1. The molecule has 23 heavy (non-hydrogen) atoms. The van der Waals surface area contributed by atoms with Crippen molar-refractivity contribution in [1.82, 2.24) is 4.90 Å². The highest BCUT2D eigenvalue weighted by atomic mass is 32.2. The zero-order valence-electron chi connectivity index (χ0n) is 12.2. The van der Waals surface area contributed by atoms with Gasteiger partial charge in [-0.15, -0.1) is 0 Å². The second-order valence-electron chi connectivity index (χ2n) is 5.46. The first-order valence-electron chi connectivity index (χ1n) is 7.04. The Kier molecular flexibility index (Phi) is 3.91. The largest absolute Gasteiger partial charge is 0.334 e. The number of fused-ring (bicyclic) bond motifs is 1. The first-order valence-corrected chi connectivity index (χ1v) is 8.59. The average Bonchev–Trinajstić information content (AvgIpc) is 2.53. The fraction of sp³-hybridized carbons (Fsp3) is 0.188. The first-order chi connectivity index (χ1) is 10.8. The second kappa shape index (κ2) is 5.75. The number of nitrogens with zero attached hydrogens (tertiary/aromatic N) is 1. The van der Waals surface area contributed by atoms with Crippen molar-refractivity contribution in [1.29, 1.82) is 0 Å². The molecule has 0 radical (unpaired) electrons. The molecule has 0 bridgehead atoms. The molecule has 7 heteroatoms. The molecule has 1 aliphatic heterocycles. The number of hydrogen-bond donors (Lipinski definition) is 1. The van der Waals surface area contributed by atoms with Crippen molar-refractivity contribution < 1.29 is 17.6 Å². The van der Waals surface area contributed by atoms with Crippen LogP contribution in [-0.2, 0) is 23.0 Å². The lowest BCUT2D eigenvalue weighted by atomic mass is 9.99. The van der Waals surface area contributed by atoms with Gasteiger partial charge in [-0.25, -0.2) is 17.9 Å². The number of carbonyl (C=O) groups excluding carboxylic acids is 1. The van der Waals surface area contributed by atoms with E-state index in [0.717, 1.165) is 11.1 Å². The average molecular weight is 334 g/mol. The predicted octanol–water partition coefficient (Wildman–Crippen LogP) is 1.67. The number of primary sulfonamides is 1. The van der Waals surface area contributed by atoms with Crippen LogP contribution < -0.4 is 5.14 Å². The second-order valence-corrected chi connectivity index (χ2v) is 7.02. The number of benzene rings is 2. The minimum atomic E-state index is -3.78. The van der Waals surface area contributed by atoms with Gasteiger partial charge in [0.15, 0.2) is 0 Å². The van der Waals surface area contributed by atoms with Gasteiger partial charge in [0.2, 0.25) is 10.0 Å². The van der Waals surface area contributed by atoms with Crippen LogP contribution in [0.5, 0.6) is 0 Å². The predicted molar refractivity (Wildman–Crippen MR) is 82.7 cm³/mol. The Morgan fingerprint density at radius 3 is 2.43 bits per heavy atom. The van der Waals surface area contributed by atoms with Crippen LogP contribution in [0.2, 0.25) is 0 Å². The summed E-state index contributed by atoms with van der Waals surface area (Å²) in [6.07, 6.45) is 0.632. The van der Waals surface area contributed by atoms with Crippen LogP contribution in [0.3, 0.4) is 0 Å². The Morgan fingerprint density at radius 2 is 1.78 bits per heavy atom. The molecule has 2 N–H and O–H groups in total. The van der Waals surface area contributed by atoms with Gasteiger partial charge in [-0.1, -0.05) is 6.07 Å². The van der Waals surface area contributed by atoms with Crippen LogP contribution >= 0.6 is 0 Å². The summed E-state index contributed by atoms with van der Waals surface area (Å²) in [6, 6.07) is 10.1. The van der Waals surface area contributed by atoms with Crippen molar-refractivity contribution in [2.24, 2.45) is 5.14 Å². The Balaban J connectivity index is 1.87. The maximum Gasteiger partial charge on any atom is 0.254 e. The van der Waals surface area contributed by atoms with Crippen LogP contribution in [0.25, 0.3) is 0 Å². The molecule has 5 nitrogen and oxygen atoms in total. The molecule has 0 unspecified atom stereocenters. The minimum Gasteiger partial charge on any atom is -0.334 e. The van der Waals surface area contributed by atoms with E-state index in [-0.39, 0.29) is 10.8 Å². The summed E-state index contributed by atoms with van der Waals surface area (Å²) in [6.45, 7) is 0.826. The summed E-state index contributed by atoms with van der Waals surface area (Å²) in [5.41, 5.74) is 2.16. The SMILES string of the molecule is NS(=O)(=O)c1ccc2c(c1)CN(C(=O)c1ccc(F)cc1)CC2. The first kappa shape index (κ1) is 15.6. The lowest BCUT2D eigenvalue weighted by Gasteiger charge is -2.29. The molecule has 0 atom stereocenters. The van der Waals surface area contributed by atoms with Gasteiger partial charge in [0.1, 0.15) is 5.82 Å². The summed E-state index contributed by atoms with van der Waals surface area (Å²) in [5.74, 6) is -0.611. The highest BCUT2D eigenvalue weighted by molar-refractivity contribution is 7.89. The lowest BCUT2D eigenvalue weighted by Crippen LogP contribution is -2.36. The van der Waals surface area contributed by atoms with Gasteiger partial charge in [0.05, 0.1) is 4.90 Å². The molecule has 3 rings (SSSR count). The number of amides is 1. The van der Waals surface area contributed by atoms with E-state index in [4.69, 9.17) is 5.14 Å². The molecule has 1 aliphatic rings. The van der Waals surface area contributed by atoms with E-state index in [1.165, 1.54) is 36.4 Å². The lowest BCUT2D eigenvalue weighted by molar-refractivity contribution is 0.0734. The van der Waals surface area contributed by atoms with Crippen molar-refractivity contribution in [3.8, 4) is 0 Å². The zero-order chi connectivity index (χ0) is 16.6. The topological polar surface area (TPSA) is 80.5 Å². The van der Waals surface area contributed by atoms with Crippen molar-refractivity contribution in [3.05, 3.63) is 65.0 Å². The normalized spacial score (nSPS) is 14.4. The number of hydrogen-bond acceptors (Lipinski definition) is 3. The fourth-order valence-corrected chi connectivity index (χ4v) is 3.22. The minimum absolute atomic E-state index is 0.0346. The van der Waals surface area contributed by atoms with E-state index < -0.39 is 15.8 Å². The highest BCUT2D eigenvalue weighted by Crippen LogP contribution is 2.23. The summed E-state index contributed by atoms with van der Waals surface area (Å²) >= 11 is 0. The number of sulfonamides is 1. The molecule has 0 aliphatic carbocycles. The van der Waals surface area contributed by atoms with Gasteiger partial charge in [-0.05, 0) is 53.9 Å². The van der Waals surface area contributed by atoms with Crippen LogP contribution in [0, 0.1) is 5.82 Å². The number of rotatable bonds is 2. The van der Waals surface area contributed by atoms with Crippen LogP contribution in [0.15, 0.2) is 47.4 Å². The molecule has 2 aromatic rings. The Labute approximate surface area is 133 Å². The van der Waals surface area contributed by atoms with E-state index in [1.807, 2.05) is 0 Å². The monoisotopic (exact) mass is 334 g/mol. The Bertz CT molecular complexity index is 863. The molecular weight excluding hydrogens is 319 g/mol. The molecule has 0 saturated carbocycles. The number of halogens is 1. The van der Waals surface area contributed by atoms with Crippen LogP contribution in [-0.4, -0.2) is 25.8 Å². The van der Waals surface area contributed by atoms with Crippen LogP contribution in [0.1, 0.15) is 21.5 Å². The smallest absolute Gasteiger partial charge is 0.254 e. The molecule has 2 aromatic carbocycles. The molecule has 1 amide bonds. The maximum absolute atomic E-state index is 13.0. The standard InChI is InChI=1S/C16H15FN2O3S/c17-14-4-1-12(2-5-14)16(20)19-8-7-11-3-6-15(23(18,21)22)9-13(11)10-19/h1-6,9H,7-8,10H2,(H2,18,21,22). The maximum atomic E-state index is 13.0. The van der Waals surface area contributed by atoms with Gasteiger partial charge in [-0.3, -0.25) is 4.79 Å². The summed E-state index contributed by atoms with van der Waals surface area (Å²) in [7, 11) is -3.78. The van der Waals surface area contributed by atoms with E-state index in [9.17, 15) is 17.6 Å².